The van der Waals surface area contributed by atoms with Crippen LogP contribution in [0.5, 0.6) is 0 Å². The molecule has 265 valence electrons. The first-order valence-electron chi connectivity index (χ1n) is 8.35. The van der Waals surface area contributed by atoms with Gasteiger partial charge in [0, 0.05) is 30.2 Å². The first-order valence-corrected chi connectivity index (χ1v) is 16.4. The van der Waals surface area contributed by atoms with Gasteiger partial charge in [-0.1, -0.05) is 37.2 Å². The average molecular weight is 808 g/mol. The molecular weight excluding hydrogens is 782 g/mol. The fourth-order valence-corrected chi connectivity index (χ4v) is 0.780. The summed E-state index contributed by atoms with van der Waals surface area (Å²) in [4.78, 5) is 0. The number of hydrogen-bond donors (Lipinski definition) is 8. The van der Waals surface area contributed by atoms with Crippen molar-refractivity contribution in [3.63, 3.8) is 0 Å². The molecule has 0 bridgehead atoms. The van der Waals surface area contributed by atoms with Gasteiger partial charge in [-0.2, -0.15) is 50.5 Å². The van der Waals surface area contributed by atoms with Crippen molar-refractivity contribution >= 4 is 63.0 Å². The van der Waals surface area contributed by atoms with Crippen molar-refractivity contribution in [3.8, 4) is 0 Å². The second-order valence-corrected chi connectivity index (χ2v) is 9.92. The van der Waals surface area contributed by atoms with Crippen LogP contribution in [0.1, 0.15) is 26.7 Å². The van der Waals surface area contributed by atoms with Gasteiger partial charge >= 0.3 is 63.0 Å². The van der Waals surface area contributed by atoms with Crippen LogP contribution in [0, 0.1) is 0 Å². The summed E-state index contributed by atoms with van der Waals surface area (Å²) in [6, 6.07) is 0. The van der Waals surface area contributed by atoms with E-state index in [2.05, 4.69) is 24.5 Å². The van der Waals surface area contributed by atoms with Gasteiger partial charge in [0.1, 0.15) is 0 Å². The molecule has 0 atom stereocenters. The van der Waals surface area contributed by atoms with E-state index in [0.29, 0.717) is 0 Å². The Hall–Kier alpha value is -0.521. The number of hydrogen-bond acceptors (Lipinski definition) is 14. The maximum Gasteiger partial charge on any atom is 0.435 e. The molecule has 0 spiro atoms. The van der Waals surface area contributed by atoms with E-state index in [1.165, 1.54) is 12.8 Å². The van der Waals surface area contributed by atoms with E-state index in [0.717, 1.165) is 26.2 Å². The van der Waals surface area contributed by atoms with Gasteiger partial charge < -0.3 is 10.6 Å². The molecular formula is C8H26CuF6N2O18S6. The van der Waals surface area contributed by atoms with E-state index < -0.39 is 63.0 Å². The van der Waals surface area contributed by atoms with Crippen LogP contribution in [0.15, 0.2) is 0 Å². The monoisotopic (exact) mass is 807 g/mol. The first-order chi connectivity index (χ1) is 16.9. The largest absolute Gasteiger partial charge is 0.435 e. The molecule has 0 rings (SSSR count). The van der Waals surface area contributed by atoms with Crippen LogP contribution < -0.4 is 10.6 Å². The molecule has 0 amide bonds. The van der Waals surface area contributed by atoms with E-state index in [-0.39, 0.29) is 17.1 Å². The maximum atomic E-state index is 10.2. The van der Waals surface area contributed by atoms with Crippen molar-refractivity contribution in [1.82, 2.24) is 10.6 Å². The fourth-order valence-electron chi connectivity index (χ4n) is 0.780. The summed E-state index contributed by atoms with van der Waals surface area (Å²) in [6.07, 6.45) is 2.46. The second kappa shape index (κ2) is 30.9. The van der Waals surface area contributed by atoms with Gasteiger partial charge in [0.2, 0.25) is 0 Å². The fraction of sp³-hybridized carbons (Fsp3) is 1.00. The van der Waals surface area contributed by atoms with Crippen molar-refractivity contribution in [2.75, 3.05) is 26.2 Å². The summed E-state index contributed by atoms with van der Waals surface area (Å²) in [7, 11) is -31.0. The zero-order valence-corrected chi connectivity index (χ0v) is 25.7. The summed E-state index contributed by atoms with van der Waals surface area (Å²) < 4.78 is 204. The molecule has 20 nitrogen and oxygen atoms in total. The zero-order chi connectivity index (χ0) is 34.7. The standard InChI is InChI=1S/C8H20N2.Cu.6FHO3S/c1-3-5-9-7-8-10-6-4-2;;6*1-5(2,3)4/h9-10H,3-8H2,1-2H3;;6*(H,2,3,4). The van der Waals surface area contributed by atoms with Crippen molar-refractivity contribution in [1.29, 1.82) is 0 Å². The first kappa shape index (κ1) is 59.8. The second-order valence-electron chi connectivity index (χ2n) is 4.97. The summed E-state index contributed by atoms with van der Waals surface area (Å²) >= 11 is 0. The third kappa shape index (κ3) is 1320. The van der Waals surface area contributed by atoms with Gasteiger partial charge in [-0.25, -0.2) is 0 Å². The van der Waals surface area contributed by atoms with Crippen LogP contribution in [-0.4, -0.2) is 104 Å². The van der Waals surface area contributed by atoms with Crippen LogP contribution in [-0.2, 0) is 80.1 Å². The minimum Gasteiger partial charge on any atom is -0.315 e. The predicted molar refractivity (Wildman–Crippen MR) is 122 cm³/mol. The van der Waals surface area contributed by atoms with Gasteiger partial charge in [-0.05, 0) is 25.9 Å². The molecule has 0 aromatic rings. The number of halogens is 6. The molecule has 0 unspecified atom stereocenters. The van der Waals surface area contributed by atoms with E-state index in [9.17, 15) is 23.3 Å². The summed E-state index contributed by atoms with van der Waals surface area (Å²) in [5, 5.41) is 6.66. The quantitative estimate of drug-likeness (QED) is 0.0530. The van der Waals surface area contributed by atoms with E-state index in [4.69, 9.17) is 77.8 Å². The topological polar surface area (TPSA) is 350 Å². The van der Waals surface area contributed by atoms with E-state index in [1.807, 2.05) is 0 Å². The van der Waals surface area contributed by atoms with Gasteiger partial charge in [0.05, 0.1) is 0 Å². The molecule has 0 saturated carbocycles. The third-order valence-electron chi connectivity index (χ3n) is 1.33. The molecule has 33 heteroatoms. The minimum atomic E-state index is -5.17. The Morgan fingerprint density at radius 3 is 0.561 bits per heavy atom. The Morgan fingerprint density at radius 1 is 0.390 bits per heavy atom. The Labute approximate surface area is 244 Å². The van der Waals surface area contributed by atoms with Crippen LogP contribution in [0.3, 0.4) is 0 Å². The van der Waals surface area contributed by atoms with Gasteiger partial charge in [-0.3, -0.25) is 27.3 Å². The molecule has 0 aliphatic heterocycles. The SMILES string of the molecule is CCCNCCNCCC.O=S(=O)(O)F.O=S(=O)(O)F.O=S(=O)(O)F.O=S(=O)(O)F.O=S(=O)(O)F.O=S(=O)(O)F.[Cu]. The van der Waals surface area contributed by atoms with Crippen molar-refractivity contribution in [2.24, 2.45) is 0 Å². The Bertz CT molecular complexity index is 939. The maximum absolute atomic E-state index is 10.2. The average Bonchev–Trinajstić information content (AvgIpc) is 2.48. The Kier molecular flexibility index (Phi) is 45.1. The molecule has 0 heterocycles. The molecule has 0 fully saturated rings. The smallest absolute Gasteiger partial charge is 0.315 e. The molecule has 0 aliphatic carbocycles. The minimum absolute atomic E-state index is 0. The van der Waals surface area contributed by atoms with Crippen LogP contribution >= 0.6 is 0 Å². The van der Waals surface area contributed by atoms with Crippen LogP contribution in [0.2, 0.25) is 0 Å². The molecule has 0 aromatic carbocycles. The predicted octanol–water partition coefficient (Wildman–Crippen LogP) is -0.465. The van der Waals surface area contributed by atoms with Crippen molar-refractivity contribution < 1.29 is 118 Å². The van der Waals surface area contributed by atoms with E-state index >= 15 is 0 Å². The summed E-state index contributed by atoms with van der Waals surface area (Å²) in [6.45, 7) is 8.88. The molecule has 1 radical (unpaired) electrons. The van der Waals surface area contributed by atoms with Crippen LogP contribution in [0.25, 0.3) is 0 Å². The molecule has 8 N–H and O–H groups in total. The van der Waals surface area contributed by atoms with Gasteiger partial charge in [-0.15, -0.1) is 0 Å². The van der Waals surface area contributed by atoms with Crippen molar-refractivity contribution in [2.45, 2.75) is 26.7 Å². The molecule has 0 saturated heterocycles. The molecule has 0 aromatic heterocycles. The van der Waals surface area contributed by atoms with Crippen LogP contribution in [0.4, 0.5) is 23.3 Å². The van der Waals surface area contributed by atoms with Gasteiger partial charge in [0.25, 0.3) is 0 Å². The normalized spacial score (nSPS) is 11.0. The zero-order valence-electron chi connectivity index (χ0n) is 19.8. The number of nitrogens with one attached hydrogen (secondary N) is 2. The molecule has 41 heavy (non-hydrogen) atoms. The van der Waals surface area contributed by atoms with Gasteiger partial charge in [0.15, 0.2) is 0 Å². The Morgan fingerprint density at radius 2 is 0.488 bits per heavy atom. The molecule has 0 aliphatic rings. The summed E-state index contributed by atoms with van der Waals surface area (Å²) in [5.74, 6) is 0. The number of rotatable bonds is 7. The van der Waals surface area contributed by atoms with Crippen molar-refractivity contribution in [3.05, 3.63) is 0 Å². The van der Waals surface area contributed by atoms with E-state index in [1.54, 1.807) is 0 Å². The summed E-state index contributed by atoms with van der Waals surface area (Å²) in [5.41, 5.74) is 0. The third-order valence-corrected chi connectivity index (χ3v) is 1.33. The Balaban J connectivity index is -0.0000000526.